The van der Waals surface area contributed by atoms with Crippen molar-refractivity contribution in [3.63, 3.8) is 0 Å². The summed E-state index contributed by atoms with van der Waals surface area (Å²) in [7, 11) is 0. The third-order valence-corrected chi connectivity index (χ3v) is 4.25. The molecule has 0 heterocycles. The largest absolute Gasteiger partial charge is 0.493 e. The van der Waals surface area contributed by atoms with Gasteiger partial charge in [-0.1, -0.05) is 0 Å². The van der Waals surface area contributed by atoms with Crippen molar-refractivity contribution in [3.05, 3.63) is 23.3 Å². The van der Waals surface area contributed by atoms with Crippen LogP contribution < -0.4 is 10.1 Å². The molecule has 1 aromatic rings. The van der Waals surface area contributed by atoms with Crippen molar-refractivity contribution in [1.82, 2.24) is 0 Å². The topological polar surface area (TPSA) is 47.6 Å². The second-order valence-electron chi connectivity index (χ2n) is 5.96. The summed E-state index contributed by atoms with van der Waals surface area (Å²) in [4.78, 5) is 12.7. The number of amides is 1. The number of anilines is 1. The van der Waals surface area contributed by atoms with Crippen molar-refractivity contribution in [1.29, 1.82) is 0 Å². The number of rotatable bonds is 6. The number of carbonyl (C=O) groups excluding carboxylic acids is 1. The van der Waals surface area contributed by atoms with Gasteiger partial charge in [0.1, 0.15) is 11.4 Å². The zero-order chi connectivity index (χ0) is 16.2. The Morgan fingerprint density at radius 3 is 2.23 bits per heavy atom. The molecule has 1 amide bonds. The first-order valence-electron chi connectivity index (χ1n) is 8.22. The normalized spacial score (nSPS) is 16.5. The second kappa shape index (κ2) is 7.14. The fraction of sp³-hybridized carbons (Fsp3) is 0.611. The third-order valence-electron chi connectivity index (χ3n) is 4.25. The highest BCUT2D eigenvalue weighted by Crippen LogP contribution is 2.35. The Hall–Kier alpha value is -1.55. The van der Waals surface area contributed by atoms with E-state index >= 15 is 0 Å². The summed E-state index contributed by atoms with van der Waals surface area (Å²) in [6.45, 7) is 9.12. The first-order chi connectivity index (χ1) is 10.5. The molecule has 0 atom stereocenters. The molecule has 1 aliphatic rings. The summed E-state index contributed by atoms with van der Waals surface area (Å²) in [6.07, 6.45) is 3.72. The molecule has 0 spiro atoms. The van der Waals surface area contributed by atoms with E-state index in [1.165, 1.54) is 0 Å². The number of hydrogen-bond acceptors (Lipinski definition) is 3. The van der Waals surface area contributed by atoms with E-state index in [4.69, 9.17) is 9.47 Å². The van der Waals surface area contributed by atoms with Crippen molar-refractivity contribution < 1.29 is 14.3 Å². The molecule has 0 bridgehead atoms. The zero-order valence-electron chi connectivity index (χ0n) is 14.1. The number of ether oxygens (including phenoxy) is 2. The molecule has 0 saturated heterocycles. The van der Waals surface area contributed by atoms with E-state index in [0.717, 1.165) is 48.2 Å². The molecule has 122 valence electrons. The molecule has 0 aliphatic heterocycles. The average molecular weight is 305 g/mol. The Morgan fingerprint density at radius 1 is 1.14 bits per heavy atom. The highest BCUT2D eigenvalue weighted by Gasteiger charge is 2.42. The van der Waals surface area contributed by atoms with E-state index in [-0.39, 0.29) is 5.91 Å². The van der Waals surface area contributed by atoms with Crippen molar-refractivity contribution >= 4 is 11.6 Å². The predicted molar refractivity (Wildman–Crippen MR) is 88.5 cm³/mol. The molecule has 1 aromatic carbocycles. The van der Waals surface area contributed by atoms with Crippen molar-refractivity contribution in [3.8, 4) is 5.75 Å². The van der Waals surface area contributed by atoms with Gasteiger partial charge in [0.25, 0.3) is 5.91 Å². The van der Waals surface area contributed by atoms with Crippen molar-refractivity contribution in [2.24, 2.45) is 0 Å². The Kier molecular flexibility index (Phi) is 5.46. The van der Waals surface area contributed by atoms with Crippen LogP contribution in [0.3, 0.4) is 0 Å². The van der Waals surface area contributed by atoms with Crippen LogP contribution in [0.4, 0.5) is 5.69 Å². The fourth-order valence-corrected chi connectivity index (χ4v) is 3.30. The van der Waals surface area contributed by atoms with Crippen LogP contribution in [-0.4, -0.2) is 24.7 Å². The summed E-state index contributed by atoms with van der Waals surface area (Å²) in [5, 5.41) is 3.04. The van der Waals surface area contributed by atoms with Gasteiger partial charge < -0.3 is 14.8 Å². The minimum absolute atomic E-state index is 0.0187. The molecule has 22 heavy (non-hydrogen) atoms. The van der Waals surface area contributed by atoms with Gasteiger partial charge in [0.15, 0.2) is 0 Å². The van der Waals surface area contributed by atoms with Crippen LogP contribution in [0.15, 0.2) is 12.1 Å². The van der Waals surface area contributed by atoms with Crippen molar-refractivity contribution in [2.45, 2.75) is 59.0 Å². The van der Waals surface area contributed by atoms with Gasteiger partial charge in [-0.15, -0.1) is 0 Å². The Bertz CT molecular complexity index is 510. The molecule has 4 heteroatoms. The molecular weight excluding hydrogens is 278 g/mol. The second-order valence-corrected chi connectivity index (χ2v) is 5.96. The molecule has 0 aromatic heterocycles. The molecule has 1 fully saturated rings. The van der Waals surface area contributed by atoms with Gasteiger partial charge in [-0.05, 0) is 76.6 Å². The zero-order valence-corrected chi connectivity index (χ0v) is 14.1. The lowest BCUT2D eigenvalue weighted by Crippen LogP contribution is -2.43. The van der Waals surface area contributed by atoms with Gasteiger partial charge in [-0.25, -0.2) is 0 Å². The number of benzene rings is 1. The van der Waals surface area contributed by atoms with Gasteiger partial charge in [-0.2, -0.15) is 0 Å². The summed E-state index contributed by atoms with van der Waals surface area (Å²) in [5.74, 6) is 0.885. The molecule has 2 rings (SSSR count). The summed E-state index contributed by atoms with van der Waals surface area (Å²) >= 11 is 0. The first kappa shape index (κ1) is 16.8. The van der Waals surface area contributed by atoms with Crippen LogP contribution >= 0.6 is 0 Å². The molecule has 4 nitrogen and oxygen atoms in total. The van der Waals surface area contributed by atoms with Crippen LogP contribution in [0.25, 0.3) is 0 Å². The van der Waals surface area contributed by atoms with Crippen LogP contribution in [0.5, 0.6) is 5.75 Å². The van der Waals surface area contributed by atoms with E-state index in [0.29, 0.717) is 13.2 Å². The summed E-state index contributed by atoms with van der Waals surface area (Å²) in [6, 6.07) is 3.93. The first-order valence-corrected chi connectivity index (χ1v) is 8.22. The van der Waals surface area contributed by atoms with Crippen LogP contribution in [-0.2, 0) is 9.53 Å². The maximum absolute atomic E-state index is 12.7. The molecule has 0 radical (unpaired) electrons. The molecular formula is C18H27NO3. The van der Waals surface area contributed by atoms with E-state index in [9.17, 15) is 4.79 Å². The third kappa shape index (κ3) is 3.43. The average Bonchev–Trinajstić information content (AvgIpc) is 2.93. The number of aryl methyl sites for hydroxylation is 2. The highest BCUT2D eigenvalue weighted by molar-refractivity contribution is 5.97. The lowest BCUT2D eigenvalue weighted by atomic mass is 10.0. The SMILES string of the molecule is CCOc1c(C)cc(NC(=O)C2(OCC)CCCC2)cc1C. The lowest BCUT2D eigenvalue weighted by Gasteiger charge is -2.27. The predicted octanol–water partition coefficient (Wildman–Crippen LogP) is 3.99. The van der Waals surface area contributed by atoms with Crippen LogP contribution in [0.2, 0.25) is 0 Å². The molecule has 1 N–H and O–H groups in total. The van der Waals surface area contributed by atoms with Crippen LogP contribution in [0, 0.1) is 13.8 Å². The summed E-state index contributed by atoms with van der Waals surface area (Å²) in [5.41, 5.74) is 2.24. The van der Waals surface area contributed by atoms with E-state index in [1.54, 1.807) is 0 Å². The molecule has 1 saturated carbocycles. The van der Waals surface area contributed by atoms with Crippen molar-refractivity contribution in [2.75, 3.05) is 18.5 Å². The maximum Gasteiger partial charge on any atom is 0.256 e. The summed E-state index contributed by atoms with van der Waals surface area (Å²) < 4.78 is 11.5. The maximum atomic E-state index is 12.7. The minimum atomic E-state index is -0.644. The van der Waals surface area contributed by atoms with E-state index in [2.05, 4.69) is 5.32 Å². The van der Waals surface area contributed by atoms with Gasteiger partial charge in [0, 0.05) is 12.3 Å². The number of nitrogens with one attached hydrogen (secondary N) is 1. The lowest BCUT2D eigenvalue weighted by molar-refractivity contribution is -0.140. The highest BCUT2D eigenvalue weighted by atomic mass is 16.5. The standard InChI is InChI=1S/C18H27NO3/c1-5-21-16-13(3)11-15(12-14(16)4)19-17(20)18(22-6-2)9-7-8-10-18/h11-12H,5-10H2,1-4H3,(H,19,20). The van der Waals surface area contributed by atoms with Gasteiger partial charge in [-0.3, -0.25) is 4.79 Å². The smallest absolute Gasteiger partial charge is 0.256 e. The fourth-order valence-electron chi connectivity index (χ4n) is 3.30. The Balaban J connectivity index is 2.17. The van der Waals surface area contributed by atoms with Gasteiger partial charge in [0.2, 0.25) is 0 Å². The van der Waals surface area contributed by atoms with E-state index < -0.39 is 5.60 Å². The Labute approximate surface area is 133 Å². The quantitative estimate of drug-likeness (QED) is 0.864. The number of hydrogen-bond donors (Lipinski definition) is 1. The monoisotopic (exact) mass is 305 g/mol. The Morgan fingerprint density at radius 2 is 1.73 bits per heavy atom. The minimum Gasteiger partial charge on any atom is -0.493 e. The van der Waals surface area contributed by atoms with Gasteiger partial charge >= 0.3 is 0 Å². The number of carbonyl (C=O) groups is 1. The molecule has 0 unspecified atom stereocenters. The molecule has 1 aliphatic carbocycles. The van der Waals surface area contributed by atoms with Crippen LogP contribution in [0.1, 0.15) is 50.7 Å². The van der Waals surface area contributed by atoms with E-state index in [1.807, 2.05) is 39.8 Å². The van der Waals surface area contributed by atoms with Gasteiger partial charge in [0.05, 0.1) is 6.61 Å².